The summed E-state index contributed by atoms with van der Waals surface area (Å²) in [6.45, 7) is 2.31. The zero-order valence-electron chi connectivity index (χ0n) is 10.0. The molecule has 1 heterocycles. The second-order valence-electron chi connectivity index (χ2n) is 3.76. The van der Waals surface area contributed by atoms with Gasteiger partial charge >= 0.3 is 0 Å². The van der Waals surface area contributed by atoms with Crippen molar-refractivity contribution in [2.45, 2.75) is 13.5 Å². The molecule has 1 aromatic heterocycles. The van der Waals surface area contributed by atoms with Gasteiger partial charge < -0.3 is 9.30 Å². The first-order chi connectivity index (χ1) is 8.58. The Morgan fingerprint density at radius 2 is 2.11 bits per heavy atom. The number of non-ortho nitro benzene ring substituents is 1. The van der Waals surface area contributed by atoms with Gasteiger partial charge in [-0.25, -0.2) is 0 Å². The number of pyridine rings is 1. The summed E-state index contributed by atoms with van der Waals surface area (Å²) in [7, 11) is 1.40. The summed E-state index contributed by atoms with van der Waals surface area (Å²) in [5.41, 5.74) is 0.418. The molecular formula is C12H12N2O4. The molecule has 0 spiro atoms. The highest BCUT2D eigenvalue weighted by Crippen LogP contribution is 2.22. The smallest absolute Gasteiger partial charge is 0.293 e. The molecule has 0 atom stereocenters. The van der Waals surface area contributed by atoms with Crippen LogP contribution in [0.25, 0.3) is 10.9 Å². The molecule has 0 amide bonds. The summed E-state index contributed by atoms with van der Waals surface area (Å²) in [5, 5.41) is 11.3. The zero-order chi connectivity index (χ0) is 13.3. The number of ether oxygens (including phenoxy) is 1. The lowest BCUT2D eigenvalue weighted by atomic mass is 10.2. The minimum absolute atomic E-state index is 0.00847. The normalized spacial score (nSPS) is 10.6. The van der Waals surface area contributed by atoms with Crippen molar-refractivity contribution in [1.29, 1.82) is 0 Å². The van der Waals surface area contributed by atoms with Crippen LogP contribution in [0, 0.1) is 10.1 Å². The van der Waals surface area contributed by atoms with Crippen molar-refractivity contribution in [2.24, 2.45) is 0 Å². The van der Waals surface area contributed by atoms with Gasteiger partial charge in [0.1, 0.15) is 0 Å². The largest absolute Gasteiger partial charge is 0.491 e. The number of fused-ring (bicyclic) bond motifs is 1. The lowest BCUT2D eigenvalue weighted by molar-refractivity contribution is -0.384. The van der Waals surface area contributed by atoms with Gasteiger partial charge in [-0.3, -0.25) is 14.9 Å². The number of benzene rings is 1. The summed E-state index contributed by atoms with van der Waals surface area (Å²) in [5.74, 6) is 0.185. The molecule has 2 aromatic rings. The molecule has 2 rings (SSSR count). The van der Waals surface area contributed by atoms with Crippen molar-refractivity contribution in [1.82, 2.24) is 4.57 Å². The lowest BCUT2D eigenvalue weighted by Crippen LogP contribution is -2.20. The van der Waals surface area contributed by atoms with E-state index in [1.807, 2.05) is 6.92 Å². The van der Waals surface area contributed by atoms with E-state index in [1.165, 1.54) is 29.9 Å². The third-order valence-electron chi connectivity index (χ3n) is 2.79. The maximum absolute atomic E-state index is 12.0. The minimum Gasteiger partial charge on any atom is -0.491 e. The topological polar surface area (TPSA) is 74.4 Å². The molecule has 0 saturated heterocycles. The fraction of sp³-hybridized carbons (Fsp3) is 0.250. The van der Waals surface area contributed by atoms with E-state index >= 15 is 0 Å². The Morgan fingerprint density at radius 1 is 1.39 bits per heavy atom. The van der Waals surface area contributed by atoms with E-state index in [9.17, 15) is 14.9 Å². The van der Waals surface area contributed by atoms with Crippen molar-refractivity contribution in [2.75, 3.05) is 7.11 Å². The molecule has 94 valence electrons. The van der Waals surface area contributed by atoms with E-state index in [0.717, 1.165) is 0 Å². The van der Waals surface area contributed by atoms with E-state index in [2.05, 4.69) is 0 Å². The van der Waals surface area contributed by atoms with E-state index in [0.29, 0.717) is 17.4 Å². The van der Waals surface area contributed by atoms with Crippen LogP contribution in [0.3, 0.4) is 0 Å². The summed E-state index contributed by atoms with van der Waals surface area (Å²) >= 11 is 0. The molecule has 0 aliphatic carbocycles. The van der Waals surface area contributed by atoms with Crippen LogP contribution in [0.5, 0.6) is 5.75 Å². The molecule has 18 heavy (non-hydrogen) atoms. The molecule has 0 radical (unpaired) electrons. The van der Waals surface area contributed by atoms with Gasteiger partial charge in [-0.05, 0) is 19.1 Å². The van der Waals surface area contributed by atoms with Crippen LogP contribution < -0.4 is 10.3 Å². The van der Waals surface area contributed by atoms with E-state index in [-0.39, 0.29) is 17.0 Å². The van der Waals surface area contributed by atoms with Crippen molar-refractivity contribution >= 4 is 16.6 Å². The fourth-order valence-corrected chi connectivity index (χ4v) is 1.92. The predicted octanol–water partition coefficient (Wildman–Crippen LogP) is 1.94. The van der Waals surface area contributed by atoms with Crippen LogP contribution >= 0.6 is 0 Å². The van der Waals surface area contributed by atoms with Gasteiger partial charge in [0.05, 0.1) is 17.5 Å². The average Bonchev–Trinajstić information content (AvgIpc) is 2.37. The molecule has 0 saturated carbocycles. The van der Waals surface area contributed by atoms with Crippen LogP contribution in [0.1, 0.15) is 6.92 Å². The van der Waals surface area contributed by atoms with Crippen LogP contribution in [-0.4, -0.2) is 16.6 Å². The monoisotopic (exact) mass is 248 g/mol. The number of rotatable bonds is 3. The molecule has 6 nitrogen and oxygen atoms in total. The van der Waals surface area contributed by atoms with Crippen molar-refractivity contribution < 1.29 is 9.66 Å². The highest BCUT2D eigenvalue weighted by atomic mass is 16.6. The third-order valence-corrected chi connectivity index (χ3v) is 2.79. The predicted molar refractivity (Wildman–Crippen MR) is 67.1 cm³/mol. The van der Waals surface area contributed by atoms with Crippen molar-refractivity contribution in [3.63, 3.8) is 0 Å². The average molecular weight is 248 g/mol. The summed E-state index contributed by atoms with van der Waals surface area (Å²) < 4.78 is 6.52. The number of hydrogen-bond acceptors (Lipinski definition) is 4. The molecule has 0 unspecified atom stereocenters. The summed E-state index contributed by atoms with van der Waals surface area (Å²) in [4.78, 5) is 22.2. The molecule has 0 bridgehead atoms. The summed E-state index contributed by atoms with van der Waals surface area (Å²) in [6.07, 6.45) is 0. The Bertz CT molecular complexity index is 676. The van der Waals surface area contributed by atoms with Crippen molar-refractivity contribution in [3.8, 4) is 5.75 Å². The van der Waals surface area contributed by atoms with Gasteiger partial charge in [-0.15, -0.1) is 0 Å². The Balaban J connectivity index is 2.84. The van der Waals surface area contributed by atoms with E-state index in [1.54, 1.807) is 6.07 Å². The van der Waals surface area contributed by atoms with E-state index in [4.69, 9.17) is 4.74 Å². The van der Waals surface area contributed by atoms with Crippen molar-refractivity contribution in [3.05, 3.63) is 44.7 Å². The molecule has 0 fully saturated rings. The first-order valence-electron chi connectivity index (χ1n) is 5.44. The van der Waals surface area contributed by atoms with Gasteiger partial charge in [-0.1, -0.05) is 0 Å². The van der Waals surface area contributed by atoms with E-state index < -0.39 is 4.92 Å². The highest BCUT2D eigenvalue weighted by molar-refractivity contribution is 5.82. The first-order valence-corrected chi connectivity index (χ1v) is 5.44. The maximum Gasteiger partial charge on any atom is 0.293 e. The van der Waals surface area contributed by atoms with Gasteiger partial charge in [0.25, 0.3) is 11.2 Å². The highest BCUT2D eigenvalue weighted by Gasteiger charge is 2.12. The van der Waals surface area contributed by atoms with Crippen LogP contribution in [0.2, 0.25) is 0 Å². The SMILES string of the molecule is CCn1c(=O)c(OC)cc2cc([N+](=O)[O-])ccc21. The zero-order valence-corrected chi connectivity index (χ0v) is 10.0. The molecule has 1 aromatic carbocycles. The third kappa shape index (κ3) is 1.81. The number of nitro benzene ring substituents is 1. The second kappa shape index (κ2) is 4.48. The number of methoxy groups -OCH3 is 1. The Hall–Kier alpha value is -2.37. The molecule has 6 heteroatoms. The number of nitro groups is 1. The number of aromatic nitrogens is 1. The van der Waals surface area contributed by atoms with Gasteiger partial charge in [-0.2, -0.15) is 0 Å². The fourth-order valence-electron chi connectivity index (χ4n) is 1.92. The molecule has 0 aliphatic heterocycles. The quantitative estimate of drug-likeness (QED) is 0.614. The number of nitrogens with zero attached hydrogens (tertiary/aromatic N) is 2. The lowest BCUT2D eigenvalue weighted by Gasteiger charge is -2.10. The van der Waals surface area contributed by atoms with Crippen LogP contribution in [-0.2, 0) is 6.54 Å². The second-order valence-corrected chi connectivity index (χ2v) is 3.76. The number of hydrogen-bond donors (Lipinski definition) is 0. The standard InChI is InChI=1S/C12H12N2O4/c1-3-13-10-5-4-9(14(16)17)6-8(10)7-11(18-2)12(13)15/h4-7H,3H2,1-2H3. The Morgan fingerprint density at radius 3 is 2.67 bits per heavy atom. The van der Waals surface area contributed by atoms with Gasteiger partial charge in [0.2, 0.25) is 0 Å². The van der Waals surface area contributed by atoms with Crippen LogP contribution in [0.15, 0.2) is 29.1 Å². The molecular weight excluding hydrogens is 236 g/mol. The van der Waals surface area contributed by atoms with Gasteiger partial charge in [0.15, 0.2) is 5.75 Å². The maximum atomic E-state index is 12.0. The van der Waals surface area contributed by atoms with Crippen LogP contribution in [0.4, 0.5) is 5.69 Å². The Labute approximate surface area is 103 Å². The minimum atomic E-state index is -0.465. The Kier molecular flexibility index (Phi) is 3.01. The first kappa shape index (κ1) is 12.1. The van der Waals surface area contributed by atoms with Gasteiger partial charge in [0, 0.05) is 24.1 Å². The number of aryl methyl sites for hydroxylation is 1. The summed E-state index contributed by atoms with van der Waals surface area (Å²) in [6, 6.07) is 5.93. The molecule has 0 N–H and O–H groups in total. The molecule has 0 aliphatic rings.